The molecule has 2 N–H and O–H groups in total. The lowest BCUT2D eigenvalue weighted by Crippen LogP contribution is -2.59. The molecule has 3 aromatic carbocycles. The first-order chi connectivity index (χ1) is 21.1. The Kier molecular flexibility index (Phi) is 12.6. The predicted molar refractivity (Wildman–Crippen MR) is 176 cm³/mol. The summed E-state index contributed by atoms with van der Waals surface area (Å²) >= 11 is 0. The topological polar surface area (TPSA) is 122 Å². The van der Waals surface area contributed by atoms with Gasteiger partial charge in [0.2, 0.25) is 0 Å². The summed E-state index contributed by atoms with van der Waals surface area (Å²) in [4.78, 5) is 28.2. The normalized spacial score (nSPS) is 14.6. The lowest BCUT2D eigenvalue weighted by molar-refractivity contribution is -0.0117. The minimum Gasteiger partial charge on any atom is -0.444 e. The largest absolute Gasteiger partial charge is 0.444 e. The molecule has 4 atom stereocenters. The summed E-state index contributed by atoms with van der Waals surface area (Å²) < 4.78 is 37.5. The minimum absolute atomic E-state index is 0.0511. The number of thiol groups is 1. The van der Waals surface area contributed by atoms with Gasteiger partial charge in [-0.15, -0.1) is 0 Å². The molecule has 0 saturated carbocycles. The molecule has 45 heavy (non-hydrogen) atoms. The Labute approximate surface area is 268 Å². The van der Waals surface area contributed by atoms with E-state index in [1.807, 2.05) is 91.0 Å². The SMILES string of the molecule is CC(C)(C)OC(=O)N[C@@H](Cc1ccccc1)C(C(O)[C@H](Cc1ccccc1)N(Cc1ccccc1)C(=O)OC(C)(C)C)[SH](=O)=O. The van der Waals surface area contributed by atoms with Crippen molar-refractivity contribution in [3.8, 4) is 0 Å². The standard InChI is InChI=1S/C35H46N2O7S/c1-34(2,3)43-32(39)36-28(22-25-16-10-7-11-17-25)31(45(41)42)30(38)29(23-26-18-12-8-13-19-26)37(33(40)44-35(4,5)6)24-27-20-14-9-15-21-27/h7-21,28-31,38,45H,22-24H2,1-6H3,(H,36,39)/t28-,29-,30?,31?/m0/s1. The average molecular weight is 639 g/mol. The van der Waals surface area contributed by atoms with Crippen LogP contribution in [0.1, 0.15) is 58.2 Å². The van der Waals surface area contributed by atoms with Gasteiger partial charge in [-0.25, -0.2) is 18.0 Å². The zero-order valence-corrected chi connectivity index (χ0v) is 27.8. The second kappa shape index (κ2) is 15.9. The molecule has 2 unspecified atom stereocenters. The molecule has 3 aromatic rings. The molecule has 0 radical (unpaired) electrons. The van der Waals surface area contributed by atoms with Crippen LogP contribution >= 0.6 is 0 Å². The van der Waals surface area contributed by atoms with Crippen molar-refractivity contribution >= 4 is 22.9 Å². The number of amides is 2. The van der Waals surface area contributed by atoms with Crippen molar-refractivity contribution in [2.24, 2.45) is 0 Å². The van der Waals surface area contributed by atoms with Gasteiger partial charge < -0.3 is 19.9 Å². The van der Waals surface area contributed by atoms with Crippen LogP contribution in [-0.4, -0.2) is 65.3 Å². The summed E-state index contributed by atoms with van der Waals surface area (Å²) in [6, 6.07) is 25.4. The summed E-state index contributed by atoms with van der Waals surface area (Å²) in [5, 5.41) is 13.4. The Morgan fingerprint density at radius 2 is 1.18 bits per heavy atom. The van der Waals surface area contributed by atoms with Crippen molar-refractivity contribution in [3.63, 3.8) is 0 Å². The molecule has 0 aromatic heterocycles. The van der Waals surface area contributed by atoms with E-state index < -0.39 is 57.5 Å². The predicted octanol–water partition coefficient (Wildman–Crippen LogP) is 5.51. The van der Waals surface area contributed by atoms with E-state index >= 15 is 0 Å². The molecule has 0 bridgehead atoms. The maximum atomic E-state index is 13.8. The van der Waals surface area contributed by atoms with Crippen LogP contribution in [0, 0.1) is 0 Å². The van der Waals surface area contributed by atoms with Crippen LogP contribution in [0.25, 0.3) is 0 Å². The lowest BCUT2D eigenvalue weighted by Gasteiger charge is -2.39. The first-order valence-corrected chi connectivity index (χ1v) is 16.3. The molecule has 10 heteroatoms. The Hall–Kier alpha value is -3.89. The van der Waals surface area contributed by atoms with Gasteiger partial charge in [0.1, 0.15) is 27.2 Å². The minimum atomic E-state index is -3.34. The first-order valence-electron chi connectivity index (χ1n) is 15.1. The van der Waals surface area contributed by atoms with E-state index in [0.717, 1.165) is 16.7 Å². The van der Waals surface area contributed by atoms with Gasteiger partial charge in [0.25, 0.3) is 0 Å². The Morgan fingerprint density at radius 1 is 0.733 bits per heavy atom. The number of carbonyl (C=O) groups excluding carboxylic acids is 2. The molecule has 0 heterocycles. The number of ether oxygens (including phenoxy) is 2. The van der Waals surface area contributed by atoms with E-state index in [1.54, 1.807) is 41.5 Å². The third-order valence-corrected chi connectivity index (χ3v) is 8.06. The molecular formula is C35H46N2O7S. The Bertz CT molecular complexity index is 1430. The van der Waals surface area contributed by atoms with Gasteiger partial charge in [-0.3, -0.25) is 4.90 Å². The monoisotopic (exact) mass is 638 g/mol. The molecule has 0 aliphatic carbocycles. The molecule has 0 aliphatic rings. The number of benzene rings is 3. The molecule has 2 amide bonds. The molecule has 0 spiro atoms. The highest BCUT2D eigenvalue weighted by atomic mass is 32.2. The van der Waals surface area contributed by atoms with E-state index in [4.69, 9.17) is 9.47 Å². The van der Waals surface area contributed by atoms with E-state index in [9.17, 15) is 23.1 Å². The van der Waals surface area contributed by atoms with Gasteiger partial charge in [0, 0.05) is 6.54 Å². The van der Waals surface area contributed by atoms with Crippen LogP contribution in [0.15, 0.2) is 91.0 Å². The van der Waals surface area contributed by atoms with Crippen LogP contribution in [0.3, 0.4) is 0 Å². The zero-order valence-electron chi connectivity index (χ0n) is 26.9. The average Bonchev–Trinajstić information content (AvgIpc) is 2.94. The third-order valence-electron chi connectivity index (χ3n) is 6.91. The van der Waals surface area contributed by atoms with Crippen molar-refractivity contribution in [1.82, 2.24) is 10.2 Å². The van der Waals surface area contributed by atoms with Crippen LogP contribution in [0.4, 0.5) is 9.59 Å². The van der Waals surface area contributed by atoms with Gasteiger partial charge in [-0.05, 0) is 71.1 Å². The van der Waals surface area contributed by atoms with E-state index in [-0.39, 0.29) is 19.4 Å². The summed E-state index contributed by atoms with van der Waals surface area (Å²) in [6.45, 7) is 10.4. The molecule has 3 rings (SSSR count). The molecular weight excluding hydrogens is 592 g/mol. The Morgan fingerprint density at radius 3 is 1.62 bits per heavy atom. The second-order valence-electron chi connectivity index (χ2n) is 13.1. The highest BCUT2D eigenvalue weighted by Crippen LogP contribution is 2.25. The molecule has 244 valence electrons. The summed E-state index contributed by atoms with van der Waals surface area (Å²) in [5.74, 6) is 0. The van der Waals surface area contributed by atoms with Crippen LogP contribution < -0.4 is 5.32 Å². The fourth-order valence-electron chi connectivity index (χ4n) is 5.01. The van der Waals surface area contributed by atoms with Gasteiger partial charge in [-0.2, -0.15) is 0 Å². The van der Waals surface area contributed by atoms with Crippen molar-refractivity contribution < 1.29 is 32.6 Å². The first kappa shape index (κ1) is 35.6. The number of alkyl carbamates (subject to hydrolysis) is 1. The zero-order chi connectivity index (χ0) is 33.2. The molecule has 0 saturated heterocycles. The van der Waals surface area contributed by atoms with E-state index in [1.165, 1.54) is 4.90 Å². The number of hydrogen-bond acceptors (Lipinski definition) is 7. The fourth-order valence-corrected chi connectivity index (χ4v) is 5.93. The maximum Gasteiger partial charge on any atom is 0.410 e. The summed E-state index contributed by atoms with van der Waals surface area (Å²) in [6.07, 6.45) is -2.94. The van der Waals surface area contributed by atoms with Gasteiger partial charge in [0.15, 0.2) is 0 Å². The van der Waals surface area contributed by atoms with Crippen LogP contribution in [0.5, 0.6) is 0 Å². The van der Waals surface area contributed by atoms with E-state index in [0.29, 0.717) is 0 Å². The summed E-state index contributed by atoms with van der Waals surface area (Å²) in [5.41, 5.74) is 0.604. The molecule has 0 fully saturated rings. The van der Waals surface area contributed by atoms with Crippen LogP contribution in [0.2, 0.25) is 0 Å². The fraction of sp³-hybridized carbons (Fsp3) is 0.429. The van der Waals surface area contributed by atoms with Gasteiger partial charge in [0.05, 0.1) is 18.2 Å². The number of hydrogen-bond donors (Lipinski definition) is 3. The number of nitrogens with zero attached hydrogens (tertiary/aromatic N) is 1. The highest BCUT2D eigenvalue weighted by molar-refractivity contribution is 7.73. The maximum absolute atomic E-state index is 13.8. The van der Waals surface area contributed by atoms with Crippen molar-refractivity contribution in [1.29, 1.82) is 0 Å². The summed E-state index contributed by atoms with van der Waals surface area (Å²) in [7, 11) is -3.34. The van der Waals surface area contributed by atoms with Crippen LogP contribution in [-0.2, 0) is 39.6 Å². The van der Waals surface area contributed by atoms with E-state index in [2.05, 4.69) is 5.32 Å². The second-order valence-corrected chi connectivity index (χ2v) is 14.2. The Balaban J connectivity index is 2.13. The smallest absolute Gasteiger partial charge is 0.410 e. The number of rotatable bonds is 12. The number of aliphatic hydroxyl groups excluding tert-OH is 1. The van der Waals surface area contributed by atoms with Gasteiger partial charge in [-0.1, -0.05) is 91.0 Å². The third kappa shape index (κ3) is 11.9. The number of nitrogens with one attached hydrogen (secondary N) is 1. The van der Waals surface area contributed by atoms with Crippen molar-refractivity contribution in [3.05, 3.63) is 108 Å². The molecule has 0 aliphatic heterocycles. The lowest BCUT2D eigenvalue weighted by atomic mass is 9.92. The quantitative estimate of drug-likeness (QED) is 0.224. The van der Waals surface area contributed by atoms with Gasteiger partial charge >= 0.3 is 12.2 Å². The van der Waals surface area contributed by atoms with Crippen molar-refractivity contribution in [2.75, 3.05) is 0 Å². The molecule has 9 nitrogen and oxygen atoms in total. The number of aliphatic hydroxyl groups is 1. The highest BCUT2D eigenvalue weighted by Gasteiger charge is 2.42. The van der Waals surface area contributed by atoms with Crippen molar-refractivity contribution in [2.45, 2.75) is 95.6 Å². The number of carbonyl (C=O) groups is 2.